The lowest BCUT2D eigenvalue weighted by atomic mass is 9.96. The van der Waals surface area contributed by atoms with Gasteiger partial charge < -0.3 is 25.6 Å². The summed E-state index contributed by atoms with van der Waals surface area (Å²) >= 11 is 1.03. The van der Waals surface area contributed by atoms with Crippen LogP contribution in [0, 0.1) is 0 Å². The van der Waals surface area contributed by atoms with Gasteiger partial charge in [-0.3, -0.25) is 14.5 Å². The van der Waals surface area contributed by atoms with Crippen LogP contribution in [0.3, 0.4) is 0 Å². The number of carbonyl (C=O) groups is 4. The van der Waals surface area contributed by atoms with Crippen LogP contribution in [-0.2, 0) is 29.0 Å². The number of carbonyl (C=O) groups excluding carboxylic acids is 2. The van der Waals surface area contributed by atoms with Gasteiger partial charge in [0.1, 0.15) is 10.8 Å². The molecule has 0 aliphatic carbocycles. The molecule has 0 radical (unpaired) electrons. The number of carboxylic acids is 2. The smallest absolute Gasteiger partial charge is 0.394 e. The molecule has 0 spiro atoms. The lowest BCUT2D eigenvalue weighted by Gasteiger charge is -2.36. The van der Waals surface area contributed by atoms with Crippen LogP contribution in [0.5, 0.6) is 5.75 Å². The standard InChI is InChI=1S/C33H31N3O7S/c1-43-24-13-9-22(10-14-24)19-36-16-15-25-27(32(39)40)31(35-30(38)33(41)42)44-28(25)26(36)18-34-29(37)23-11-7-21(8-12-23)17-20-5-3-2-4-6-20/h2-14,26H,15-19H2,1H3,(H,34,37)(H,35,38)(H,39,40)(H,41,42). The van der Waals surface area contributed by atoms with Crippen molar-refractivity contribution < 1.29 is 34.1 Å². The van der Waals surface area contributed by atoms with E-state index in [-0.39, 0.29) is 23.0 Å². The van der Waals surface area contributed by atoms with Crippen molar-refractivity contribution in [3.05, 3.63) is 117 Å². The first-order valence-electron chi connectivity index (χ1n) is 13.9. The number of nitrogens with zero attached hydrogens (tertiary/aromatic N) is 1. The molecular weight excluding hydrogens is 582 g/mol. The van der Waals surface area contributed by atoms with Crippen LogP contribution in [0.15, 0.2) is 78.9 Å². The molecule has 2 heterocycles. The molecule has 11 heteroatoms. The lowest BCUT2D eigenvalue weighted by molar-refractivity contribution is -0.147. The summed E-state index contributed by atoms with van der Waals surface area (Å²) < 4.78 is 5.27. The first kappa shape index (κ1) is 30.5. The number of methoxy groups -OCH3 is 1. The first-order valence-corrected chi connectivity index (χ1v) is 14.8. The Balaban J connectivity index is 1.39. The molecule has 44 heavy (non-hydrogen) atoms. The summed E-state index contributed by atoms with van der Waals surface area (Å²) in [5, 5.41) is 24.3. The number of carboxylic acid groups (broad SMARTS) is 2. The maximum absolute atomic E-state index is 13.2. The van der Waals surface area contributed by atoms with E-state index in [4.69, 9.17) is 9.84 Å². The Morgan fingerprint density at radius 3 is 2.20 bits per heavy atom. The van der Waals surface area contributed by atoms with E-state index in [2.05, 4.69) is 27.7 Å². The van der Waals surface area contributed by atoms with Crippen LogP contribution in [-0.4, -0.2) is 59.1 Å². The van der Waals surface area contributed by atoms with Crippen molar-refractivity contribution in [1.29, 1.82) is 0 Å². The van der Waals surface area contributed by atoms with Crippen molar-refractivity contribution in [2.75, 3.05) is 25.5 Å². The zero-order chi connectivity index (χ0) is 31.2. The Kier molecular flexibility index (Phi) is 9.37. The van der Waals surface area contributed by atoms with Crippen LogP contribution in [0.25, 0.3) is 0 Å². The monoisotopic (exact) mass is 613 g/mol. The Bertz CT molecular complexity index is 1670. The van der Waals surface area contributed by atoms with Crippen molar-refractivity contribution in [3.63, 3.8) is 0 Å². The summed E-state index contributed by atoms with van der Waals surface area (Å²) in [4.78, 5) is 51.5. The zero-order valence-corrected chi connectivity index (χ0v) is 24.7. The van der Waals surface area contributed by atoms with Gasteiger partial charge in [-0.1, -0.05) is 54.6 Å². The van der Waals surface area contributed by atoms with E-state index in [0.29, 0.717) is 35.5 Å². The highest BCUT2D eigenvalue weighted by atomic mass is 32.1. The second-order valence-electron chi connectivity index (χ2n) is 10.4. The number of ether oxygens (including phenoxy) is 1. The number of nitrogens with one attached hydrogen (secondary N) is 2. The quantitative estimate of drug-likeness (QED) is 0.190. The van der Waals surface area contributed by atoms with E-state index < -0.39 is 23.9 Å². The summed E-state index contributed by atoms with van der Waals surface area (Å²) in [6, 6.07) is 24.6. The summed E-state index contributed by atoms with van der Waals surface area (Å²) in [5.41, 5.74) is 4.14. The highest BCUT2D eigenvalue weighted by molar-refractivity contribution is 7.17. The second-order valence-corrected chi connectivity index (χ2v) is 11.4. The van der Waals surface area contributed by atoms with Crippen molar-refractivity contribution in [2.24, 2.45) is 0 Å². The van der Waals surface area contributed by atoms with Crippen LogP contribution in [0.4, 0.5) is 5.00 Å². The third kappa shape index (κ3) is 6.96. The van der Waals surface area contributed by atoms with Crippen molar-refractivity contribution in [3.8, 4) is 5.75 Å². The summed E-state index contributed by atoms with van der Waals surface area (Å²) in [7, 11) is 1.59. The summed E-state index contributed by atoms with van der Waals surface area (Å²) in [5.74, 6) is -3.85. The molecule has 3 aromatic carbocycles. The van der Waals surface area contributed by atoms with Crippen LogP contribution in [0.2, 0.25) is 0 Å². The van der Waals surface area contributed by atoms with Gasteiger partial charge in [-0.25, -0.2) is 9.59 Å². The van der Waals surface area contributed by atoms with Gasteiger partial charge in [-0.15, -0.1) is 11.3 Å². The Labute approximate surface area is 257 Å². The SMILES string of the molecule is COc1ccc(CN2CCc3c(sc(NC(=O)C(=O)O)c3C(=O)O)C2CNC(=O)c2ccc(Cc3ccccc3)cc2)cc1. The van der Waals surface area contributed by atoms with E-state index in [1.54, 1.807) is 19.2 Å². The van der Waals surface area contributed by atoms with E-state index in [1.165, 1.54) is 5.56 Å². The minimum atomic E-state index is -1.72. The number of rotatable bonds is 10. The second kappa shape index (κ2) is 13.5. The van der Waals surface area contributed by atoms with E-state index in [1.807, 2.05) is 54.6 Å². The number of fused-ring (bicyclic) bond motifs is 1. The molecule has 4 N–H and O–H groups in total. The molecule has 4 aromatic rings. The predicted octanol–water partition coefficient (Wildman–Crippen LogP) is 4.60. The Morgan fingerprint density at radius 2 is 1.57 bits per heavy atom. The molecular formula is C33H31N3O7S. The largest absolute Gasteiger partial charge is 0.497 e. The zero-order valence-electron chi connectivity index (χ0n) is 23.9. The highest BCUT2D eigenvalue weighted by Crippen LogP contribution is 2.43. The maximum Gasteiger partial charge on any atom is 0.394 e. The fourth-order valence-electron chi connectivity index (χ4n) is 5.32. The number of thiophene rings is 1. The summed E-state index contributed by atoms with van der Waals surface area (Å²) in [6.45, 7) is 1.16. The lowest BCUT2D eigenvalue weighted by Crippen LogP contribution is -2.41. The molecule has 1 aromatic heterocycles. The molecule has 0 fully saturated rings. The normalized spacial score (nSPS) is 14.3. The molecule has 1 aliphatic rings. The van der Waals surface area contributed by atoms with Gasteiger partial charge in [0.15, 0.2) is 0 Å². The van der Waals surface area contributed by atoms with Gasteiger partial charge in [-0.2, -0.15) is 0 Å². The van der Waals surface area contributed by atoms with Gasteiger partial charge >= 0.3 is 17.8 Å². The number of aromatic carboxylic acids is 1. The number of benzene rings is 3. The van der Waals surface area contributed by atoms with Crippen LogP contribution < -0.4 is 15.4 Å². The van der Waals surface area contributed by atoms with Crippen molar-refractivity contribution in [1.82, 2.24) is 10.2 Å². The summed E-state index contributed by atoms with van der Waals surface area (Å²) in [6.07, 6.45) is 1.12. The minimum absolute atomic E-state index is 0.0356. The van der Waals surface area contributed by atoms with Crippen molar-refractivity contribution >= 4 is 40.1 Å². The van der Waals surface area contributed by atoms with E-state index in [0.717, 1.165) is 34.6 Å². The highest BCUT2D eigenvalue weighted by Gasteiger charge is 2.35. The van der Waals surface area contributed by atoms with Gasteiger partial charge in [0.05, 0.1) is 18.7 Å². The molecule has 10 nitrogen and oxygen atoms in total. The van der Waals surface area contributed by atoms with Crippen LogP contribution >= 0.6 is 11.3 Å². The number of amides is 2. The molecule has 226 valence electrons. The van der Waals surface area contributed by atoms with Crippen LogP contribution in [0.1, 0.15) is 53.9 Å². The Hall–Kier alpha value is -5.00. The molecule has 1 atom stereocenters. The molecule has 0 saturated carbocycles. The molecule has 2 amide bonds. The van der Waals surface area contributed by atoms with Gasteiger partial charge in [0, 0.05) is 30.1 Å². The Morgan fingerprint density at radius 1 is 0.909 bits per heavy atom. The third-order valence-electron chi connectivity index (χ3n) is 7.53. The number of hydrogen-bond acceptors (Lipinski definition) is 7. The van der Waals surface area contributed by atoms with Crippen molar-refractivity contribution in [2.45, 2.75) is 25.4 Å². The molecule has 0 bridgehead atoms. The van der Waals surface area contributed by atoms with E-state index >= 15 is 0 Å². The van der Waals surface area contributed by atoms with E-state index in [9.17, 15) is 24.3 Å². The molecule has 1 unspecified atom stereocenters. The average Bonchev–Trinajstić information content (AvgIpc) is 3.39. The average molecular weight is 614 g/mol. The number of aliphatic carboxylic acids is 1. The molecule has 1 aliphatic heterocycles. The topological polar surface area (TPSA) is 145 Å². The van der Waals surface area contributed by atoms with Gasteiger partial charge in [0.2, 0.25) is 0 Å². The van der Waals surface area contributed by atoms with Gasteiger partial charge in [-0.05, 0) is 59.4 Å². The van der Waals surface area contributed by atoms with Gasteiger partial charge in [0.25, 0.3) is 5.91 Å². The third-order valence-corrected chi connectivity index (χ3v) is 8.78. The first-order chi connectivity index (χ1) is 21.2. The fourth-order valence-corrected chi connectivity index (χ4v) is 6.69. The number of hydrogen-bond donors (Lipinski definition) is 4. The maximum atomic E-state index is 13.2. The molecule has 5 rings (SSSR count). The number of anilines is 1. The minimum Gasteiger partial charge on any atom is -0.497 e. The predicted molar refractivity (Wildman–Crippen MR) is 165 cm³/mol. The fraction of sp³-hybridized carbons (Fsp3) is 0.212. The molecule has 0 saturated heterocycles.